The number of rotatable bonds is 6. The first-order valence-electron chi connectivity index (χ1n) is 7.12. The molecule has 0 heterocycles. The molecule has 0 bridgehead atoms. The van der Waals surface area contributed by atoms with Crippen LogP contribution in [0.1, 0.15) is 64.2 Å². The molecule has 0 unspecified atom stereocenters. The Morgan fingerprint density at radius 2 is 1.83 bits per heavy atom. The van der Waals surface area contributed by atoms with Crippen molar-refractivity contribution in [2.24, 2.45) is 5.92 Å². The van der Waals surface area contributed by atoms with Crippen LogP contribution >= 0.6 is 0 Å². The van der Waals surface area contributed by atoms with Crippen LogP contribution in [-0.4, -0.2) is 22.5 Å². The Morgan fingerprint density at radius 3 is 2.33 bits per heavy atom. The molecule has 4 heteroatoms. The van der Waals surface area contributed by atoms with Gasteiger partial charge in [0.05, 0.1) is 12.0 Å². The van der Waals surface area contributed by atoms with Gasteiger partial charge in [-0.1, -0.05) is 32.1 Å². The zero-order valence-corrected chi connectivity index (χ0v) is 10.9. The summed E-state index contributed by atoms with van der Waals surface area (Å²) in [4.78, 5) is 22.8. The minimum Gasteiger partial charge on any atom is -0.481 e. The van der Waals surface area contributed by atoms with Crippen molar-refractivity contribution in [1.29, 1.82) is 0 Å². The zero-order chi connectivity index (χ0) is 13.0. The first kappa shape index (κ1) is 13.4. The van der Waals surface area contributed by atoms with E-state index in [1.807, 2.05) is 0 Å². The molecule has 0 radical (unpaired) electrons. The molecule has 2 rings (SSSR count). The summed E-state index contributed by atoms with van der Waals surface area (Å²) in [7, 11) is 0. The maximum Gasteiger partial charge on any atom is 0.305 e. The van der Waals surface area contributed by atoms with Gasteiger partial charge in [0.25, 0.3) is 0 Å². The van der Waals surface area contributed by atoms with Crippen LogP contribution in [0.25, 0.3) is 0 Å². The molecule has 102 valence electrons. The third kappa shape index (κ3) is 3.47. The largest absolute Gasteiger partial charge is 0.481 e. The lowest BCUT2D eigenvalue weighted by Crippen LogP contribution is -2.47. The molecule has 2 aliphatic rings. The second-order valence-corrected chi connectivity index (χ2v) is 5.94. The summed E-state index contributed by atoms with van der Waals surface area (Å²) in [5.74, 6) is -0.0315. The van der Waals surface area contributed by atoms with Crippen molar-refractivity contribution in [2.75, 3.05) is 0 Å². The van der Waals surface area contributed by atoms with Crippen molar-refractivity contribution >= 4 is 11.9 Å². The van der Waals surface area contributed by atoms with E-state index in [0.29, 0.717) is 6.42 Å². The molecule has 0 saturated heterocycles. The number of hydrogen-bond donors (Lipinski definition) is 2. The SMILES string of the molecule is O=C(O)CC1(NC(=O)CCC2CCC2)CCCC1. The normalized spacial score (nSPS) is 22.4. The van der Waals surface area contributed by atoms with Crippen LogP contribution in [0.2, 0.25) is 0 Å². The van der Waals surface area contributed by atoms with Gasteiger partial charge in [-0.25, -0.2) is 0 Å². The van der Waals surface area contributed by atoms with Crippen LogP contribution in [0.15, 0.2) is 0 Å². The van der Waals surface area contributed by atoms with Gasteiger partial charge in [-0.2, -0.15) is 0 Å². The van der Waals surface area contributed by atoms with Gasteiger partial charge in [0, 0.05) is 6.42 Å². The van der Waals surface area contributed by atoms with Gasteiger partial charge < -0.3 is 10.4 Å². The minimum absolute atomic E-state index is 0.0463. The second kappa shape index (κ2) is 5.72. The average Bonchev–Trinajstić information content (AvgIpc) is 2.62. The number of aliphatic carboxylic acids is 1. The molecule has 1 amide bonds. The van der Waals surface area contributed by atoms with Crippen molar-refractivity contribution in [1.82, 2.24) is 5.32 Å². The molecule has 2 saturated carbocycles. The van der Waals surface area contributed by atoms with Gasteiger partial charge in [0.2, 0.25) is 5.91 Å². The van der Waals surface area contributed by atoms with E-state index in [1.54, 1.807) is 0 Å². The molecule has 2 aliphatic carbocycles. The Hall–Kier alpha value is -1.06. The first-order valence-corrected chi connectivity index (χ1v) is 7.12. The monoisotopic (exact) mass is 253 g/mol. The van der Waals surface area contributed by atoms with Crippen LogP contribution in [-0.2, 0) is 9.59 Å². The van der Waals surface area contributed by atoms with Crippen molar-refractivity contribution in [3.63, 3.8) is 0 Å². The van der Waals surface area contributed by atoms with Crippen LogP contribution < -0.4 is 5.32 Å². The lowest BCUT2D eigenvalue weighted by atomic mass is 9.82. The topological polar surface area (TPSA) is 66.4 Å². The fourth-order valence-corrected chi connectivity index (χ4v) is 3.16. The Kier molecular flexibility index (Phi) is 4.25. The Morgan fingerprint density at radius 1 is 1.17 bits per heavy atom. The predicted octanol–water partition coefficient (Wildman–Crippen LogP) is 2.47. The summed E-state index contributed by atoms with van der Waals surface area (Å²) in [5.41, 5.74) is -0.456. The highest BCUT2D eigenvalue weighted by molar-refractivity contribution is 5.78. The van der Waals surface area contributed by atoms with Crippen molar-refractivity contribution in [3.05, 3.63) is 0 Å². The summed E-state index contributed by atoms with van der Waals surface area (Å²) in [6, 6.07) is 0. The van der Waals surface area contributed by atoms with E-state index in [4.69, 9.17) is 5.11 Å². The smallest absolute Gasteiger partial charge is 0.305 e. The number of carbonyl (C=O) groups is 2. The highest BCUT2D eigenvalue weighted by atomic mass is 16.4. The molecule has 4 nitrogen and oxygen atoms in total. The average molecular weight is 253 g/mol. The van der Waals surface area contributed by atoms with Crippen molar-refractivity contribution in [2.45, 2.75) is 69.7 Å². The van der Waals surface area contributed by atoms with E-state index in [-0.39, 0.29) is 12.3 Å². The van der Waals surface area contributed by atoms with E-state index >= 15 is 0 Å². The first-order chi connectivity index (χ1) is 8.60. The van der Waals surface area contributed by atoms with Crippen LogP contribution in [0.4, 0.5) is 0 Å². The number of hydrogen-bond acceptors (Lipinski definition) is 2. The van der Waals surface area contributed by atoms with Gasteiger partial charge >= 0.3 is 5.97 Å². The highest BCUT2D eigenvalue weighted by Crippen LogP contribution is 2.33. The number of carboxylic acids is 1. The quantitative estimate of drug-likeness (QED) is 0.764. The van der Waals surface area contributed by atoms with Crippen molar-refractivity contribution in [3.8, 4) is 0 Å². The Balaban J connectivity index is 1.79. The Labute approximate surface area is 108 Å². The standard InChI is InChI=1S/C14H23NO3/c16-12(7-6-11-4-3-5-11)15-14(10-13(17)18)8-1-2-9-14/h11H,1-10H2,(H,15,16)(H,17,18). The Bertz CT molecular complexity index is 317. The van der Waals surface area contributed by atoms with E-state index < -0.39 is 11.5 Å². The van der Waals surface area contributed by atoms with Crippen LogP contribution in [0, 0.1) is 5.92 Å². The second-order valence-electron chi connectivity index (χ2n) is 5.94. The molecule has 2 N–H and O–H groups in total. The maximum absolute atomic E-state index is 11.9. The molecule has 0 aromatic heterocycles. The number of amides is 1. The van der Waals surface area contributed by atoms with Crippen molar-refractivity contribution < 1.29 is 14.7 Å². The van der Waals surface area contributed by atoms with Gasteiger partial charge in [-0.3, -0.25) is 9.59 Å². The van der Waals surface area contributed by atoms with E-state index in [9.17, 15) is 9.59 Å². The fraction of sp³-hybridized carbons (Fsp3) is 0.857. The maximum atomic E-state index is 11.9. The molecule has 18 heavy (non-hydrogen) atoms. The summed E-state index contributed by atoms with van der Waals surface area (Å²) in [6.07, 6.45) is 9.09. The molecule has 0 aromatic rings. The fourth-order valence-electron chi connectivity index (χ4n) is 3.16. The minimum atomic E-state index is -0.809. The molecule has 0 aromatic carbocycles. The number of carboxylic acid groups (broad SMARTS) is 1. The van der Waals surface area contributed by atoms with Crippen LogP contribution in [0.3, 0.4) is 0 Å². The highest BCUT2D eigenvalue weighted by Gasteiger charge is 2.37. The van der Waals surface area contributed by atoms with Gasteiger partial charge in [0.1, 0.15) is 0 Å². The molecular weight excluding hydrogens is 230 g/mol. The molecule has 0 aliphatic heterocycles. The summed E-state index contributed by atoms with van der Waals surface area (Å²) < 4.78 is 0. The predicted molar refractivity (Wildman–Crippen MR) is 68.2 cm³/mol. The molecule has 0 atom stereocenters. The summed E-state index contributed by atoms with van der Waals surface area (Å²) in [6.45, 7) is 0. The van der Waals surface area contributed by atoms with Gasteiger partial charge in [-0.05, 0) is 25.2 Å². The molecular formula is C14H23NO3. The van der Waals surface area contributed by atoms with Gasteiger partial charge in [-0.15, -0.1) is 0 Å². The van der Waals surface area contributed by atoms with Gasteiger partial charge in [0.15, 0.2) is 0 Å². The lowest BCUT2D eigenvalue weighted by molar-refractivity contribution is -0.139. The van der Waals surface area contributed by atoms with E-state index in [2.05, 4.69) is 5.32 Å². The van der Waals surface area contributed by atoms with E-state index in [1.165, 1.54) is 19.3 Å². The molecule has 2 fully saturated rings. The van der Waals surface area contributed by atoms with E-state index in [0.717, 1.165) is 38.0 Å². The third-order valence-corrected chi connectivity index (χ3v) is 4.46. The lowest BCUT2D eigenvalue weighted by Gasteiger charge is -2.30. The number of nitrogens with one attached hydrogen (secondary N) is 1. The summed E-state index contributed by atoms with van der Waals surface area (Å²) >= 11 is 0. The molecule has 0 spiro atoms. The summed E-state index contributed by atoms with van der Waals surface area (Å²) in [5, 5.41) is 12.0. The van der Waals surface area contributed by atoms with Crippen LogP contribution in [0.5, 0.6) is 0 Å². The number of carbonyl (C=O) groups excluding carboxylic acids is 1. The third-order valence-electron chi connectivity index (χ3n) is 4.46. The zero-order valence-electron chi connectivity index (χ0n) is 10.9.